The average Bonchev–Trinajstić information content (AvgIpc) is 3.70. The molecule has 4 nitrogen and oxygen atoms in total. The van der Waals surface area contributed by atoms with Crippen LogP contribution in [0.2, 0.25) is 0 Å². The Morgan fingerprint density at radius 1 is 0.413 bits per heavy atom. The first-order valence-electron chi connectivity index (χ1n) is 15.3. The van der Waals surface area contributed by atoms with Gasteiger partial charge in [-0.3, -0.25) is 0 Å². The van der Waals surface area contributed by atoms with E-state index in [2.05, 4.69) is 91.0 Å². The molecular formula is C41H23N3OS. The third-order valence-corrected chi connectivity index (χ3v) is 10.1. The van der Waals surface area contributed by atoms with E-state index in [1.165, 1.54) is 30.9 Å². The molecule has 46 heavy (non-hydrogen) atoms. The first-order chi connectivity index (χ1) is 22.8. The van der Waals surface area contributed by atoms with Gasteiger partial charge < -0.3 is 4.42 Å². The molecule has 0 unspecified atom stereocenters. The van der Waals surface area contributed by atoms with Crippen LogP contribution in [0, 0.1) is 0 Å². The van der Waals surface area contributed by atoms with Gasteiger partial charge in [0.25, 0.3) is 0 Å². The maximum absolute atomic E-state index is 6.25. The largest absolute Gasteiger partial charge is 0.456 e. The van der Waals surface area contributed by atoms with Crippen molar-refractivity contribution in [2.75, 3.05) is 0 Å². The fraction of sp³-hybridized carbons (Fsp3) is 0. The number of rotatable bonds is 3. The maximum Gasteiger partial charge on any atom is 0.164 e. The average molecular weight is 606 g/mol. The van der Waals surface area contributed by atoms with Crippen LogP contribution < -0.4 is 0 Å². The van der Waals surface area contributed by atoms with Crippen LogP contribution in [-0.2, 0) is 0 Å². The van der Waals surface area contributed by atoms with Crippen molar-refractivity contribution < 1.29 is 4.42 Å². The van der Waals surface area contributed by atoms with Gasteiger partial charge in [0.1, 0.15) is 11.2 Å². The third-order valence-electron chi connectivity index (χ3n) is 8.92. The third kappa shape index (κ3) is 3.76. The molecule has 0 fully saturated rings. The molecule has 0 saturated heterocycles. The summed E-state index contributed by atoms with van der Waals surface area (Å²) in [6.07, 6.45) is 0. The first-order valence-corrected chi connectivity index (χ1v) is 16.1. The minimum atomic E-state index is 0.615. The second-order valence-corrected chi connectivity index (χ2v) is 12.6. The molecule has 0 aliphatic carbocycles. The smallest absolute Gasteiger partial charge is 0.164 e. The molecule has 3 aromatic heterocycles. The van der Waals surface area contributed by atoms with Gasteiger partial charge in [-0.05, 0) is 51.9 Å². The lowest BCUT2D eigenvalue weighted by Gasteiger charge is -2.14. The highest BCUT2D eigenvalue weighted by Crippen LogP contribution is 2.44. The molecule has 0 spiro atoms. The molecule has 0 aliphatic heterocycles. The van der Waals surface area contributed by atoms with Crippen LogP contribution >= 0.6 is 11.3 Å². The fourth-order valence-corrected chi connectivity index (χ4v) is 8.00. The van der Waals surface area contributed by atoms with Gasteiger partial charge in [-0.2, -0.15) is 0 Å². The lowest BCUT2D eigenvalue weighted by molar-refractivity contribution is 0.669. The molecule has 10 rings (SSSR count). The number of thiophene rings is 1. The summed E-state index contributed by atoms with van der Waals surface area (Å²) in [5.74, 6) is 1.89. The molecule has 0 radical (unpaired) electrons. The first kappa shape index (κ1) is 25.4. The van der Waals surface area contributed by atoms with E-state index in [0.29, 0.717) is 17.5 Å². The van der Waals surface area contributed by atoms with E-state index in [0.717, 1.165) is 49.4 Å². The van der Waals surface area contributed by atoms with Crippen molar-refractivity contribution in [3.63, 3.8) is 0 Å². The zero-order valence-corrected chi connectivity index (χ0v) is 25.3. The van der Waals surface area contributed by atoms with E-state index in [4.69, 9.17) is 19.4 Å². The Balaban J connectivity index is 1.33. The van der Waals surface area contributed by atoms with Crippen molar-refractivity contribution in [3.05, 3.63) is 140 Å². The summed E-state index contributed by atoms with van der Waals surface area (Å²) in [6, 6.07) is 48.4. The Labute approximate surface area is 267 Å². The standard InChI is InChI=1S/C41H23N3OS/c1-2-11-24(12-3-1)39-42-40(30-17-10-19-33-36(30)28-15-6-8-18-32(28)45-33)44-41(43-39)31-23-25-13-4-5-14-26(25)37-27(31)21-22-35-38(37)29-16-7-9-20-34(29)46-35/h1-23H. The van der Waals surface area contributed by atoms with Crippen LogP contribution in [-0.4, -0.2) is 15.0 Å². The molecule has 7 aromatic carbocycles. The van der Waals surface area contributed by atoms with Gasteiger partial charge in [0, 0.05) is 47.6 Å². The van der Waals surface area contributed by atoms with Gasteiger partial charge in [0.15, 0.2) is 17.5 Å². The summed E-state index contributed by atoms with van der Waals surface area (Å²) in [5.41, 5.74) is 4.49. The molecule has 0 bridgehead atoms. The summed E-state index contributed by atoms with van der Waals surface area (Å²) in [6.45, 7) is 0. The Morgan fingerprint density at radius 3 is 2.00 bits per heavy atom. The molecule has 0 N–H and O–H groups in total. The molecule has 0 saturated carbocycles. The van der Waals surface area contributed by atoms with E-state index < -0.39 is 0 Å². The van der Waals surface area contributed by atoms with E-state index in [9.17, 15) is 0 Å². The van der Waals surface area contributed by atoms with E-state index in [1.54, 1.807) is 0 Å². The summed E-state index contributed by atoms with van der Waals surface area (Å²) in [7, 11) is 0. The Morgan fingerprint density at radius 2 is 1.11 bits per heavy atom. The Bertz CT molecular complexity index is 2820. The van der Waals surface area contributed by atoms with Crippen molar-refractivity contribution in [1.29, 1.82) is 0 Å². The SMILES string of the molecule is c1ccc(-c2nc(-c3cc4ccccc4c4c3ccc3sc5ccccc5c34)nc(-c3cccc4oc5ccccc5c34)n2)cc1. The van der Waals surface area contributed by atoms with Gasteiger partial charge in [-0.1, -0.05) is 109 Å². The van der Waals surface area contributed by atoms with Crippen LogP contribution in [0.5, 0.6) is 0 Å². The monoisotopic (exact) mass is 605 g/mol. The van der Waals surface area contributed by atoms with Crippen LogP contribution in [0.4, 0.5) is 0 Å². The lowest BCUT2D eigenvalue weighted by atomic mass is 9.93. The molecule has 0 aliphatic rings. The Kier molecular flexibility index (Phi) is 5.41. The number of furan rings is 1. The number of benzene rings is 7. The maximum atomic E-state index is 6.25. The molecule has 3 heterocycles. The summed E-state index contributed by atoms with van der Waals surface area (Å²) in [5, 5.41) is 9.33. The predicted molar refractivity (Wildman–Crippen MR) is 191 cm³/mol. The number of aromatic nitrogens is 3. The van der Waals surface area contributed by atoms with Gasteiger partial charge in [-0.25, -0.2) is 15.0 Å². The van der Waals surface area contributed by atoms with Crippen molar-refractivity contribution >= 4 is 75.0 Å². The van der Waals surface area contributed by atoms with Gasteiger partial charge in [0.05, 0.1) is 0 Å². The van der Waals surface area contributed by atoms with Crippen molar-refractivity contribution in [2.45, 2.75) is 0 Å². The number of hydrogen-bond acceptors (Lipinski definition) is 5. The molecule has 0 atom stereocenters. The highest BCUT2D eigenvalue weighted by Gasteiger charge is 2.20. The minimum absolute atomic E-state index is 0.615. The normalized spacial score (nSPS) is 11.9. The molecule has 214 valence electrons. The predicted octanol–water partition coefficient (Wildman–Crippen LogP) is 11.4. The molecule has 5 heteroatoms. The second kappa shape index (κ2) is 9.80. The highest BCUT2D eigenvalue weighted by atomic mass is 32.1. The number of hydrogen-bond donors (Lipinski definition) is 0. The summed E-state index contributed by atoms with van der Waals surface area (Å²) < 4.78 is 8.81. The van der Waals surface area contributed by atoms with Crippen molar-refractivity contribution in [2.24, 2.45) is 0 Å². The quantitative estimate of drug-likeness (QED) is 0.188. The van der Waals surface area contributed by atoms with Crippen LogP contribution in [0.3, 0.4) is 0 Å². The molecule has 0 amide bonds. The summed E-state index contributed by atoms with van der Waals surface area (Å²) >= 11 is 1.84. The number of fused-ring (bicyclic) bond motifs is 10. The fourth-order valence-electron chi connectivity index (χ4n) is 6.88. The van der Waals surface area contributed by atoms with Gasteiger partial charge in [-0.15, -0.1) is 11.3 Å². The van der Waals surface area contributed by atoms with Crippen LogP contribution in [0.15, 0.2) is 144 Å². The van der Waals surface area contributed by atoms with Crippen LogP contribution in [0.25, 0.3) is 97.8 Å². The molecule has 10 aromatic rings. The number of para-hydroxylation sites is 1. The Hall–Kier alpha value is -5.91. The van der Waals surface area contributed by atoms with Crippen molar-refractivity contribution in [1.82, 2.24) is 15.0 Å². The van der Waals surface area contributed by atoms with E-state index in [-0.39, 0.29) is 0 Å². The minimum Gasteiger partial charge on any atom is -0.456 e. The highest BCUT2D eigenvalue weighted by molar-refractivity contribution is 7.26. The topological polar surface area (TPSA) is 51.8 Å². The van der Waals surface area contributed by atoms with Gasteiger partial charge in [0.2, 0.25) is 0 Å². The number of nitrogens with zero attached hydrogens (tertiary/aromatic N) is 3. The van der Waals surface area contributed by atoms with Crippen molar-refractivity contribution in [3.8, 4) is 34.2 Å². The lowest BCUT2D eigenvalue weighted by Crippen LogP contribution is -2.01. The van der Waals surface area contributed by atoms with E-state index in [1.807, 2.05) is 59.9 Å². The van der Waals surface area contributed by atoms with E-state index >= 15 is 0 Å². The summed E-state index contributed by atoms with van der Waals surface area (Å²) in [4.78, 5) is 15.5. The van der Waals surface area contributed by atoms with Crippen LogP contribution in [0.1, 0.15) is 0 Å². The molecular weight excluding hydrogens is 583 g/mol. The van der Waals surface area contributed by atoms with Gasteiger partial charge >= 0.3 is 0 Å². The zero-order valence-electron chi connectivity index (χ0n) is 24.4. The zero-order chi connectivity index (χ0) is 30.2. The second-order valence-electron chi connectivity index (χ2n) is 11.6.